The van der Waals surface area contributed by atoms with Crippen LogP contribution in [0.15, 0.2) is 43.0 Å². The molecule has 1 rings (SSSR count). The van der Waals surface area contributed by atoms with E-state index in [0.29, 0.717) is 0 Å². The molecule has 0 saturated heterocycles. The molecule has 0 heterocycles. The first-order chi connectivity index (χ1) is 11.5. The van der Waals surface area contributed by atoms with E-state index in [2.05, 4.69) is 21.9 Å². The molecular weight excluding hydrogens is 316 g/mol. The zero-order valence-corrected chi connectivity index (χ0v) is 13.1. The van der Waals surface area contributed by atoms with Gasteiger partial charge in [-0.15, -0.1) is 0 Å². The van der Waals surface area contributed by atoms with Gasteiger partial charge in [-0.3, -0.25) is 0 Å². The first-order valence-corrected chi connectivity index (χ1v) is 7.24. The average Bonchev–Trinajstić information content (AvgIpc) is 2.58. The van der Waals surface area contributed by atoms with E-state index in [1.165, 1.54) is 6.08 Å². The highest BCUT2D eigenvalue weighted by Crippen LogP contribution is 2.01. The first-order valence-electron chi connectivity index (χ1n) is 7.24. The fourth-order valence-corrected chi connectivity index (χ4v) is 1.67. The number of amides is 2. The second kappa shape index (κ2) is 10.7. The maximum absolute atomic E-state index is 11.6. The Morgan fingerprint density at radius 3 is 2.50 bits per heavy atom. The Hall–Kier alpha value is -3.03. The van der Waals surface area contributed by atoms with E-state index in [0.717, 1.165) is 5.56 Å². The zero-order chi connectivity index (χ0) is 17.8. The van der Waals surface area contributed by atoms with Crippen LogP contribution in [0.25, 0.3) is 0 Å². The van der Waals surface area contributed by atoms with Crippen LogP contribution in [-0.2, 0) is 20.9 Å². The normalized spacial score (nSPS) is 11.0. The fourth-order valence-electron chi connectivity index (χ4n) is 1.67. The largest absolute Gasteiger partial charge is 0.480 e. The van der Waals surface area contributed by atoms with Crippen molar-refractivity contribution in [3.05, 3.63) is 48.6 Å². The number of ether oxygens (including phenoxy) is 2. The predicted molar refractivity (Wildman–Crippen MR) is 85.4 cm³/mol. The SMILES string of the molecule is C=CCOC(=O)NCCC(NC(=O)OCc1ccccc1)C(=O)O. The zero-order valence-electron chi connectivity index (χ0n) is 13.1. The molecule has 1 aromatic rings. The highest BCUT2D eigenvalue weighted by Gasteiger charge is 2.20. The molecule has 0 bridgehead atoms. The second-order valence-electron chi connectivity index (χ2n) is 4.70. The van der Waals surface area contributed by atoms with E-state index >= 15 is 0 Å². The Balaban J connectivity index is 2.34. The third-order valence-electron chi connectivity index (χ3n) is 2.84. The molecule has 0 aliphatic carbocycles. The summed E-state index contributed by atoms with van der Waals surface area (Å²) in [6.07, 6.45) is -0.144. The summed E-state index contributed by atoms with van der Waals surface area (Å²) in [4.78, 5) is 34.0. The Kier molecular flexibility index (Phi) is 8.44. The van der Waals surface area contributed by atoms with Gasteiger partial charge in [0.1, 0.15) is 19.3 Å². The van der Waals surface area contributed by atoms with Crippen molar-refractivity contribution in [1.82, 2.24) is 10.6 Å². The van der Waals surface area contributed by atoms with Crippen molar-refractivity contribution >= 4 is 18.2 Å². The smallest absolute Gasteiger partial charge is 0.408 e. The molecule has 1 unspecified atom stereocenters. The highest BCUT2D eigenvalue weighted by molar-refractivity contribution is 5.80. The van der Waals surface area contributed by atoms with E-state index in [1.54, 1.807) is 24.3 Å². The number of alkyl carbamates (subject to hydrolysis) is 2. The molecule has 1 aromatic carbocycles. The minimum atomic E-state index is -1.23. The Morgan fingerprint density at radius 1 is 1.17 bits per heavy atom. The van der Waals surface area contributed by atoms with Gasteiger partial charge < -0.3 is 25.2 Å². The van der Waals surface area contributed by atoms with Gasteiger partial charge in [0.15, 0.2) is 0 Å². The third kappa shape index (κ3) is 7.83. The number of rotatable bonds is 9. The first kappa shape index (κ1) is 19.0. The lowest BCUT2D eigenvalue weighted by Crippen LogP contribution is -2.43. The van der Waals surface area contributed by atoms with Gasteiger partial charge in [0.05, 0.1) is 0 Å². The molecule has 0 spiro atoms. The minimum Gasteiger partial charge on any atom is -0.480 e. The lowest BCUT2D eigenvalue weighted by atomic mass is 10.2. The molecule has 0 aromatic heterocycles. The van der Waals surface area contributed by atoms with Crippen molar-refractivity contribution in [3.63, 3.8) is 0 Å². The fraction of sp³-hybridized carbons (Fsp3) is 0.312. The van der Waals surface area contributed by atoms with Crippen molar-refractivity contribution in [2.24, 2.45) is 0 Å². The van der Waals surface area contributed by atoms with Crippen LogP contribution in [0.1, 0.15) is 12.0 Å². The van der Waals surface area contributed by atoms with E-state index in [9.17, 15) is 14.4 Å². The van der Waals surface area contributed by atoms with Crippen LogP contribution in [0.3, 0.4) is 0 Å². The van der Waals surface area contributed by atoms with Crippen LogP contribution in [0.4, 0.5) is 9.59 Å². The molecular formula is C16H20N2O6. The topological polar surface area (TPSA) is 114 Å². The third-order valence-corrected chi connectivity index (χ3v) is 2.84. The van der Waals surface area contributed by atoms with Crippen LogP contribution in [0.2, 0.25) is 0 Å². The lowest BCUT2D eigenvalue weighted by molar-refractivity contribution is -0.139. The number of carboxylic acid groups (broad SMARTS) is 1. The van der Waals surface area contributed by atoms with Gasteiger partial charge in [0.25, 0.3) is 0 Å². The maximum atomic E-state index is 11.6. The average molecular weight is 336 g/mol. The number of carboxylic acids is 1. The van der Waals surface area contributed by atoms with Gasteiger partial charge in [-0.05, 0) is 12.0 Å². The van der Waals surface area contributed by atoms with E-state index in [-0.39, 0.29) is 26.2 Å². The number of aliphatic carboxylic acids is 1. The van der Waals surface area contributed by atoms with Gasteiger partial charge in [0, 0.05) is 6.54 Å². The van der Waals surface area contributed by atoms with E-state index < -0.39 is 24.2 Å². The predicted octanol–water partition coefficient (Wildman–Crippen LogP) is 1.67. The summed E-state index contributed by atoms with van der Waals surface area (Å²) in [5.41, 5.74) is 0.783. The van der Waals surface area contributed by atoms with Crippen molar-refractivity contribution in [2.45, 2.75) is 19.1 Å². The van der Waals surface area contributed by atoms with Gasteiger partial charge in [-0.1, -0.05) is 43.0 Å². The molecule has 0 aliphatic heterocycles. The molecule has 8 nitrogen and oxygen atoms in total. The van der Waals surface area contributed by atoms with Crippen molar-refractivity contribution in [1.29, 1.82) is 0 Å². The van der Waals surface area contributed by atoms with Crippen molar-refractivity contribution in [2.75, 3.05) is 13.2 Å². The molecule has 8 heteroatoms. The van der Waals surface area contributed by atoms with Crippen LogP contribution < -0.4 is 10.6 Å². The van der Waals surface area contributed by atoms with Crippen molar-refractivity contribution < 1.29 is 29.0 Å². The highest BCUT2D eigenvalue weighted by atomic mass is 16.6. The monoisotopic (exact) mass is 336 g/mol. The van der Waals surface area contributed by atoms with Crippen LogP contribution in [0, 0.1) is 0 Å². The number of benzene rings is 1. The number of carbonyl (C=O) groups is 3. The number of hydrogen-bond acceptors (Lipinski definition) is 5. The maximum Gasteiger partial charge on any atom is 0.408 e. The van der Waals surface area contributed by atoms with Gasteiger partial charge in [-0.25, -0.2) is 14.4 Å². The summed E-state index contributed by atoms with van der Waals surface area (Å²) in [6.45, 7) is 3.50. The molecule has 130 valence electrons. The van der Waals surface area contributed by atoms with Gasteiger partial charge in [0.2, 0.25) is 0 Å². The summed E-state index contributed by atoms with van der Waals surface area (Å²) in [5, 5.41) is 13.7. The minimum absolute atomic E-state index is 0.0149. The summed E-state index contributed by atoms with van der Waals surface area (Å²) in [6, 6.07) is 7.80. The quantitative estimate of drug-likeness (QED) is 0.591. The molecule has 3 N–H and O–H groups in total. The molecule has 24 heavy (non-hydrogen) atoms. The standard InChI is InChI=1S/C16H20N2O6/c1-2-10-23-15(21)17-9-8-13(14(19)20)18-16(22)24-11-12-6-4-3-5-7-12/h2-7,13H,1,8-11H2,(H,17,21)(H,18,22)(H,19,20). The van der Waals surface area contributed by atoms with Crippen LogP contribution in [0.5, 0.6) is 0 Å². The molecule has 0 saturated carbocycles. The lowest BCUT2D eigenvalue weighted by Gasteiger charge is -2.15. The van der Waals surface area contributed by atoms with Crippen LogP contribution in [-0.4, -0.2) is 42.5 Å². The summed E-state index contributed by atoms with van der Waals surface area (Å²) < 4.78 is 9.63. The summed E-state index contributed by atoms with van der Waals surface area (Å²) in [5.74, 6) is -1.23. The van der Waals surface area contributed by atoms with E-state index in [1.807, 2.05) is 6.07 Å². The summed E-state index contributed by atoms with van der Waals surface area (Å²) in [7, 11) is 0. The number of hydrogen-bond donors (Lipinski definition) is 3. The Morgan fingerprint density at radius 2 is 1.88 bits per heavy atom. The number of carbonyl (C=O) groups excluding carboxylic acids is 2. The van der Waals surface area contributed by atoms with Crippen molar-refractivity contribution in [3.8, 4) is 0 Å². The second-order valence-corrected chi connectivity index (χ2v) is 4.70. The molecule has 0 aliphatic rings. The molecule has 2 amide bonds. The molecule has 0 radical (unpaired) electrons. The number of nitrogens with one attached hydrogen (secondary N) is 2. The Labute approximate surface area is 139 Å². The van der Waals surface area contributed by atoms with Crippen LogP contribution >= 0.6 is 0 Å². The molecule has 1 atom stereocenters. The van der Waals surface area contributed by atoms with Gasteiger partial charge in [-0.2, -0.15) is 0 Å². The summed E-state index contributed by atoms with van der Waals surface area (Å²) >= 11 is 0. The van der Waals surface area contributed by atoms with E-state index in [4.69, 9.17) is 9.84 Å². The molecule has 0 fully saturated rings. The Bertz CT molecular complexity index is 561. The van der Waals surface area contributed by atoms with Gasteiger partial charge >= 0.3 is 18.2 Å².